The number of amides is 1. The Morgan fingerprint density at radius 1 is 1.04 bits per heavy atom. The van der Waals surface area contributed by atoms with E-state index in [0.29, 0.717) is 24.0 Å². The third kappa shape index (κ3) is 3.35. The van der Waals surface area contributed by atoms with E-state index < -0.39 is 0 Å². The van der Waals surface area contributed by atoms with E-state index in [4.69, 9.17) is 0 Å². The summed E-state index contributed by atoms with van der Waals surface area (Å²) in [6.07, 6.45) is 3.71. The first-order valence-corrected chi connectivity index (χ1v) is 8.98. The van der Waals surface area contributed by atoms with Crippen molar-refractivity contribution in [3.8, 4) is 0 Å². The molecule has 0 spiro atoms. The number of anilines is 1. The number of nitrogens with one attached hydrogen (secondary N) is 1. The van der Waals surface area contributed by atoms with Crippen molar-refractivity contribution in [2.45, 2.75) is 32.2 Å². The van der Waals surface area contributed by atoms with Gasteiger partial charge in [0, 0.05) is 29.8 Å². The molecule has 128 valence electrons. The number of benzene rings is 2. The summed E-state index contributed by atoms with van der Waals surface area (Å²) >= 11 is 0. The van der Waals surface area contributed by atoms with Crippen LogP contribution in [0.15, 0.2) is 42.5 Å². The summed E-state index contributed by atoms with van der Waals surface area (Å²) in [5.74, 6) is 0.00198. The zero-order valence-corrected chi connectivity index (χ0v) is 14.3. The molecule has 2 aromatic rings. The largest absolute Gasteiger partial charge is 0.322 e. The van der Waals surface area contributed by atoms with Gasteiger partial charge >= 0.3 is 0 Å². The minimum Gasteiger partial charge on any atom is -0.322 e. The number of ketones is 1. The summed E-state index contributed by atoms with van der Waals surface area (Å²) in [6, 6.07) is 13.5. The Bertz CT molecular complexity index is 822. The Morgan fingerprint density at radius 2 is 1.84 bits per heavy atom. The summed E-state index contributed by atoms with van der Waals surface area (Å²) < 4.78 is 0. The van der Waals surface area contributed by atoms with Gasteiger partial charge < -0.3 is 5.32 Å². The van der Waals surface area contributed by atoms with E-state index in [0.717, 1.165) is 30.9 Å². The lowest BCUT2D eigenvalue weighted by Gasteiger charge is -2.15. The van der Waals surface area contributed by atoms with Crippen LogP contribution in [0, 0.1) is 0 Å². The van der Waals surface area contributed by atoms with Gasteiger partial charge in [0.15, 0.2) is 5.78 Å². The zero-order chi connectivity index (χ0) is 17.2. The summed E-state index contributed by atoms with van der Waals surface area (Å²) in [5.41, 5.74) is 4.23. The topological polar surface area (TPSA) is 49.4 Å². The zero-order valence-electron chi connectivity index (χ0n) is 14.3. The number of Topliss-reactive ketones (excluding diaryl/α,β-unsaturated/α-hetero) is 1. The van der Waals surface area contributed by atoms with Crippen LogP contribution in [-0.4, -0.2) is 29.7 Å². The number of hydrogen-bond acceptors (Lipinski definition) is 3. The number of carbonyl (C=O) groups excluding carboxylic acids is 2. The Labute approximate surface area is 147 Å². The van der Waals surface area contributed by atoms with Crippen molar-refractivity contribution in [1.29, 1.82) is 0 Å². The van der Waals surface area contributed by atoms with Crippen molar-refractivity contribution in [2.75, 3.05) is 18.4 Å². The van der Waals surface area contributed by atoms with Gasteiger partial charge in [-0.25, -0.2) is 0 Å². The predicted octanol–water partition coefficient (Wildman–Crippen LogP) is 3.66. The van der Waals surface area contributed by atoms with Crippen LogP contribution in [-0.2, 0) is 13.0 Å². The lowest BCUT2D eigenvalue weighted by molar-refractivity contribution is 0.0993. The van der Waals surface area contributed by atoms with Gasteiger partial charge in [0.25, 0.3) is 5.91 Å². The summed E-state index contributed by atoms with van der Waals surface area (Å²) in [7, 11) is 0. The first-order valence-electron chi connectivity index (χ1n) is 8.98. The smallest absolute Gasteiger partial charge is 0.255 e. The van der Waals surface area contributed by atoms with Gasteiger partial charge in [-0.05, 0) is 61.7 Å². The minimum atomic E-state index is -0.134. The van der Waals surface area contributed by atoms with E-state index in [1.54, 1.807) is 12.1 Å². The normalized spacial score (nSPS) is 16.9. The van der Waals surface area contributed by atoms with Crippen molar-refractivity contribution in [3.05, 3.63) is 64.7 Å². The molecule has 2 aromatic carbocycles. The van der Waals surface area contributed by atoms with Gasteiger partial charge in [0.2, 0.25) is 0 Å². The van der Waals surface area contributed by atoms with E-state index in [1.807, 2.05) is 24.3 Å². The predicted molar refractivity (Wildman–Crippen MR) is 98.0 cm³/mol. The van der Waals surface area contributed by atoms with Crippen molar-refractivity contribution in [1.82, 2.24) is 4.90 Å². The molecule has 1 aliphatic carbocycles. The highest BCUT2D eigenvalue weighted by molar-refractivity contribution is 6.09. The van der Waals surface area contributed by atoms with Crippen molar-refractivity contribution in [3.63, 3.8) is 0 Å². The fourth-order valence-electron chi connectivity index (χ4n) is 3.85. The van der Waals surface area contributed by atoms with E-state index in [9.17, 15) is 9.59 Å². The molecule has 0 bridgehead atoms. The molecular weight excluding hydrogens is 312 g/mol. The number of carbonyl (C=O) groups is 2. The molecule has 4 heteroatoms. The number of hydrogen-bond donors (Lipinski definition) is 1. The van der Waals surface area contributed by atoms with E-state index in [1.165, 1.54) is 18.4 Å². The second-order valence-corrected chi connectivity index (χ2v) is 6.89. The average molecular weight is 334 g/mol. The Balaban J connectivity index is 1.51. The molecule has 1 N–H and O–H groups in total. The third-order valence-electron chi connectivity index (χ3n) is 5.11. The van der Waals surface area contributed by atoms with E-state index in [-0.39, 0.29) is 11.7 Å². The van der Waals surface area contributed by atoms with Crippen molar-refractivity contribution in [2.24, 2.45) is 0 Å². The number of fused-ring (bicyclic) bond motifs is 1. The van der Waals surface area contributed by atoms with Crippen LogP contribution in [0.1, 0.15) is 51.1 Å². The van der Waals surface area contributed by atoms with Crippen LogP contribution in [0.2, 0.25) is 0 Å². The molecule has 0 radical (unpaired) electrons. The van der Waals surface area contributed by atoms with Crippen LogP contribution in [0.3, 0.4) is 0 Å². The van der Waals surface area contributed by atoms with Crippen molar-refractivity contribution < 1.29 is 9.59 Å². The molecule has 1 heterocycles. The van der Waals surface area contributed by atoms with Gasteiger partial charge in [-0.1, -0.05) is 24.3 Å². The fourth-order valence-corrected chi connectivity index (χ4v) is 3.85. The average Bonchev–Trinajstić information content (AvgIpc) is 3.25. The van der Waals surface area contributed by atoms with Gasteiger partial charge in [0.05, 0.1) is 0 Å². The molecule has 25 heavy (non-hydrogen) atoms. The summed E-state index contributed by atoms with van der Waals surface area (Å²) in [4.78, 5) is 27.0. The summed E-state index contributed by atoms with van der Waals surface area (Å²) in [6.45, 7) is 3.24. The first kappa shape index (κ1) is 16.0. The van der Waals surface area contributed by atoms with Crippen LogP contribution in [0.25, 0.3) is 0 Å². The molecule has 1 aliphatic heterocycles. The Kier molecular flexibility index (Phi) is 4.36. The van der Waals surface area contributed by atoms with Gasteiger partial charge in [-0.3, -0.25) is 14.5 Å². The molecule has 1 fully saturated rings. The highest BCUT2D eigenvalue weighted by Crippen LogP contribution is 2.26. The third-order valence-corrected chi connectivity index (χ3v) is 5.11. The molecule has 0 aromatic heterocycles. The molecule has 0 unspecified atom stereocenters. The van der Waals surface area contributed by atoms with Crippen LogP contribution in [0.5, 0.6) is 0 Å². The first-order chi connectivity index (χ1) is 12.2. The molecule has 2 aliphatic rings. The highest BCUT2D eigenvalue weighted by Gasteiger charge is 2.24. The molecule has 1 saturated heterocycles. The maximum absolute atomic E-state index is 12.7. The molecule has 4 rings (SSSR count). The van der Waals surface area contributed by atoms with Gasteiger partial charge in [0.1, 0.15) is 0 Å². The lowest BCUT2D eigenvalue weighted by atomic mass is 10.0. The maximum atomic E-state index is 12.7. The monoisotopic (exact) mass is 334 g/mol. The molecular formula is C21H22N2O2. The molecule has 0 atom stereocenters. The quantitative estimate of drug-likeness (QED) is 0.928. The standard InChI is InChI=1S/C21H22N2O2/c24-20-10-9-17-18(20)7-4-8-19(17)21(25)22-16-6-3-5-15(13-16)14-23-11-1-2-12-23/h3-8,13H,1-2,9-12,14H2,(H,22,25). The number of likely N-dealkylation sites (tertiary alicyclic amines) is 1. The van der Waals surface area contributed by atoms with Crippen LogP contribution in [0.4, 0.5) is 5.69 Å². The Morgan fingerprint density at radius 3 is 2.68 bits per heavy atom. The molecule has 4 nitrogen and oxygen atoms in total. The second kappa shape index (κ2) is 6.81. The van der Waals surface area contributed by atoms with E-state index in [2.05, 4.69) is 16.3 Å². The van der Waals surface area contributed by atoms with Crippen LogP contribution < -0.4 is 5.32 Å². The number of nitrogens with zero attached hydrogens (tertiary/aromatic N) is 1. The Hall–Kier alpha value is -2.46. The van der Waals surface area contributed by atoms with Crippen LogP contribution >= 0.6 is 0 Å². The van der Waals surface area contributed by atoms with Gasteiger partial charge in [-0.15, -0.1) is 0 Å². The molecule has 1 amide bonds. The minimum absolute atomic E-state index is 0.134. The number of rotatable bonds is 4. The van der Waals surface area contributed by atoms with Gasteiger partial charge in [-0.2, -0.15) is 0 Å². The highest BCUT2D eigenvalue weighted by atomic mass is 16.1. The summed E-state index contributed by atoms with van der Waals surface area (Å²) in [5, 5.41) is 3.00. The lowest BCUT2D eigenvalue weighted by Crippen LogP contribution is -2.18. The van der Waals surface area contributed by atoms with Crippen molar-refractivity contribution >= 4 is 17.4 Å². The maximum Gasteiger partial charge on any atom is 0.255 e. The molecule has 0 saturated carbocycles. The van der Waals surface area contributed by atoms with E-state index >= 15 is 0 Å². The second-order valence-electron chi connectivity index (χ2n) is 6.89. The fraction of sp³-hybridized carbons (Fsp3) is 0.333. The SMILES string of the molecule is O=C1CCc2c1cccc2C(=O)Nc1cccc(CN2CCCC2)c1.